The van der Waals surface area contributed by atoms with E-state index in [9.17, 15) is 5.11 Å². The summed E-state index contributed by atoms with van der Waals surface area (Å²) in [6, 6.07) is 7.69. The minimum Gasteiger partial charge on any atom is -0.388 e. The van der Waals surface area contributed by atoms with E-state index in [0.717, 1.165) is 23.6 Å². The van der Waals surface area contributed by atoms with Gasteiger partial charge in [0.1, 0.15) is 0 Å². The second-order valence-corrected chi connectivity index (χ2v) is 4.39. The van der Waals surface area contributed by atoms with Crippen molar-refractivity contribution in [2.75, 3.05) is 13.1 Å². The van der Waals surface area contributed by atoms with Gasteiger partial charge in [-0.25, -0.2) is 0 Å². The van der Waals surface area contributed by atoms with Crippen LogP contribution >= 0.6 is 11.6 Å². The summed E-state index contributed by atoms with van der Waals surface area (Å²) in [4.78, 5) is 0. The quantitative estimate of drug-likeness (QED) is 0.779. The lowest BCUT2D eigenvalue weighted by molar-refractivity contribution is 0.0619. The Kier molecular flexibility index (Phi) is 2.77. The highest BCUT2D eigenvalue weighted by Gasteiger charge is 2.30. The van der Waals surface area contributed by atoms with Crippen LogP contribution in [0.3, 0.4) is 0 Å². The van der Waals surface area contributed by atoms with E-state index in [1.807, 2.05) is 24.3 Å². The Bertz CT molecular complexity index is 321. The fourth-order valence-electron chi connectivity index (χ4n) is 1.91. The predicted molar refractivity (Wildman–Crippen MR) is 57.6 cm³/mol. The van der Waals surface area contributed by atoms with E-state index in [1.54, 1.807) is 0 Å². The van der Waals surface area contributed by atoms with Crippen LogP contribution in [0.1, 0.15) is 12.0 Å². The molecule has 14 heavy (non-hydrogen) atoms. The molecular formula is C11H14ClNO. The Morgan fingerprint density at radius 1 is 1.50 bits per heavy atom. The van der Waals surface area contributed by atoms with Crippen LogP contribution in [0.5, 0.6) is 0 Å². The summed E-state index contributed by atoms with van der Waals surface area (Å²) in [7, 11) is 0. The van der Waals surface area contributed by atoms with E-state index in [4.69, 9.17) is 11.6 Å². The lowest BCUT2D eigenvalue weighted by Crippen LogP contribution is -2.33. The Morgan fingerprint density at radius 3 is 3.00 bits per heavy atom. The average molecular weight is 212 g/mol. The van der Waals surface area contributed by atoms with Gasteiger partial charge in [0.05, 0.1) is 5.60 Å². The fraction of sp³-hybridized carbons (Fsp3) is 0.455. The van der Waals surface area contributed by atoms with Crippen LogP contribution in [0.15, 0.2) is 24.3 Å². The molecule has 3 heteroatoms. The highest BCUT2D eigenvalue weighted by Crippen LogP contribution is 2.21. The van der Waals surface area contributed by atoms with E-state index < -0.39 is 5.60 Å². The summed E-state index contributed by atoms with van der Waals surface area (Å²) in [5.74, 6) is 0. The molecular weight excluding hydrogens is 198 g/mol. The Labute approximate surface area is 88.9 Å². The molecule has 2 N–H and O–H groups in total. The first-order valence-electron chi connectivity index (χ1n) is 4.86. The second kappa shape index (κ2) is 3.89. The smallest absolute Gasteiger partial charge is 0.0823 e. The maximum absolute atomic E-state index is 10.1. The van der Waals surface area contributed by atoms with E-state index >= 15 is 0 Å². The van der Waals surface area contributed by atoms with Gasteiger partial charge in [-0.15, -0.1) is 0 Å². The van der Waals surface area contributed by atoms with E-state index in [-0.39, 0.29) is 0 Å². The molecule has 1 fully saturated rings. The number of hydrogen-bond donors (Lipinski definition) is 2. The highest BCUT2D eigenvalue weighted by molar-refractivity contribution is 6.30. The molecule has 1 aromatic carbocycles. The first-order chi connectivity index (χ1) is 6.68. The zero-order valence-corrected chi connectivity index (χ0v) is 8.72. The summed E-state index contributed by atoms with van der Waals surface area (Å²) in [5, 5.41) is 14.0. The van der Waals surface area contributed by atoms with Crippen molar-refractivity contribution in [3.05, 3.63) is 34.9 Å². The summed E-state index contributed by atoms with van der Waals surface area (Å²) in [6.07, 6.45) is 1.50. The number of benzene rings is 1. The van der Waals surface area contributed by atoms with Gasteiger partial charge in [0, 0.05) is 18.0 Å². The maximum atomic E-state index is 10.1. The van der Waals surface area contributed by atoms with Gasteiger partial charge in [-0.2, -0.15) is 0 Å². The third-order valence-corrected chi connectivity index (χ3v) is 2.88. The molecule has 0 amide bonds. The van der Waals surface area contributed by atoms with Gasteiger partial charge in [0.2, 0.25) is 0 Å². The normalized spacial score (nSPS) is 26.7. The van der Waals surface area contributed by atoms with Crippen molar-refractivity contribution in [3.8, 4) is 0 Å². The van der Waals surface area contributed by atoms with Gasteiger partial charge in [-0.3, -0.25) is 0 Å². The standard InChI is InChI=1S/C11H14ClNO/c12-10-3-1-2-9(6-10)7-11(14)4-5-13-8-11/h1-3,6,13-14H,4-5,7-8H2. The van der Waals surface area contributed by atoms with Gasteiger partial charge < -0.3 is 10.4 Å². The molecule has 1 heterocycles. The molecule has 0 saturated carbocycles. The number of aliphatic hydroxyl groups is 1. The molecule has 0 spiro atoms. The number of halogens is 1. The van der Waals surface area contributed by atoms with E-state index in [2.05, 4.69) is 5.32 Å². The SMILES string of the molecule is OC1(Cc2cccc(Cl)c2)CCNC1. The molecule has 2 nitrogen and oxygen atoms in total. The van der Waals surface area contributed by atoms with Crippen molar-refractivity contribution in [1.82, 2.24) is 5.32 Å². The molecule has 76 valence electrons. The molecule has 1 aromatic rings. The Hall–Kier alpha value is -0.570. The molecule has 0 aromatic heterocycles. The monoisotopic (exact) mass is 211 g/mol. The van der Waals surface area contributed by atoms with Crippen molar-refractivity contribution in [1.29, 1.82) is 0 Å². The zero-order valence-electron chi connectivity index (χ0n) is 7.96. The van der Waals surface area contributed by atoms with Crippen LogP contribution in [0, 0.1) is 0 Å². The van der Waals surface area contributed by atoms with Crippen LogP contribution in [0.2, 0.25) is 5.02 Å². The molecule has 1 atom stereocenters. The van der Waals surface area contributed by atoms with Gasteiger partial charge in [-0.1, -0.05) is 23.7 Å². The number of hydrogen-bond acceptors (Lipinski definition) is 2. The zero-order chi connectivity index (χ0) is 10.0. The fourth-order valence-corrected chi connectivity index (χ4v) is 2.12. The van der Waals surface area contributed by atoms with Gasteiger partial charge in [0.25, 0.3) is 0 Å². The summed E-state index contributed by atoms with van der Waals surface area (Å²) in [6.45, 7) is 1.58. The lowest BCUT2D eigenvalue weighted by Gasteiger charge is -2.21. The minimum atomic E-state index is -0.579. The van der Waals surface area contributed by atoms with Gasteiger partial charge in [-0.05, 0) is 30.7 Å². The van der Waals surface area contributed by atoms with Crippen molar-refractivity contribution in [2.45, 2.75) is 18.4 Å². The maximum Gasteiger partial charge on any atom is 0.0823 e. The molecule has 0 aliphatic carbocycles. The topological polar surface area (TPSA) is 32.3 Å². The van der Waals surface area contributed by atoms with Crippen molar-refractivity contribution < 1.29 is 5.11 Å². The van der Waals surface area contributed by atoms with Crippen molar-refractivity contribution in [2.24, 2.45) is 0 Å². The molecule has 0 bridgehead atoms. The lowest BCUT2D eigenvalue weighted by atomic mass is 9.94. The Morgan fingerprint density at radius 2 is 2.36 bits per heavy atom. The Balaban J connectivity index is 2.10. The molecule has 1 aliphatic heterocycles. The number of nitrogens with one attached hydrogen (secondary N) is 1. The van der Waals surface area contributed by atoms with Crippen LogP contribution in [0.4, 0.5) is 0 Å². The highest BCUT2D eigenvalue weighted by atomic mass is 35.5. The molecule has 2 rings (SSSR count). The van der Waals surface area contributed by atoms with E-state index in [1.165, 1.54) is 0 Å². The summed E-state index contributed by atoms with van der Waals surface area (Å²) >= 11 is 5.88. The summed E-state index contributed by atoms with van der Waals surface area (Å²) < 4.78 is 0. The first-order valence-corrected chi connectivity index (χ1v) is 5.23. The largest absolute Gasteiger partial charge is 0.388 e. The van der Waals surface area contributed by atoms with Gasteiger partial charge >= 0.3 is 0 Å². The van der Waals surface area contributed by atoms with Crippen LogP contribution in [0.25, 0.3) is 0 Å². The molecule has 1 saturated heterocycles. The van der Waals surface area contributed by atoms with Crippen LogP contribution < -0.4 is 5.32 Å². The minimum absolute atomic E-state index is 0.579. The van der Waals surface area contributed by atoms with Crippen LogP contribution in [-0.4, -0.2) is 23.8 Å². The molecule has 0 radical (unpaired) electrons. The predicted octanol–water partition coefficient (Wildman–Crippen LogP) is 1.61. The number of β-amino-alcohol motifs (C(OH)–C–C–N with tert-alkyl or cyclic N) is 1. The van der Waals surface area contributed by atoms with E-state index in [0.29, 0.717) is 13.0 Å². The first kappa shape index (κ1) is 9.97. The third kappa shape index (κ3) is 2.27. The van der Waals surface area contributed by atoms with Crippen molar-refractivity contribution >= 4 is 11.6 Å². The summed E-state index contributed by atoms with van der Waals surface area (Å²) in [5.41, 5.74) is 0.522. The second-order valence-electron chi connectivity index (χ2n) is 3.96. The van der Waals surface area contributed by atoms with Crippen molar-refractivity contribution in [3.63, 3.8) is 0 Å². The number of rotatable bonds is 2. The molecule has 1 aliphatic rings. The van der Waals surface area contributed by atoms with Crippen LogP contribution in [-0.2, 0) is 6.42 Å². The molecule has 1 unspecified atom stereocenters. The average Bonchev–Trinajstić information content (AvgIpc) is 2.51. The third-order valence-electron chi connectivity index (χ3n) is 2.64. The van der Waals surface area contributed by atoms with Gasteiger partial charge in [0.15, 0.2) is 0 Å².